The molecule has 2 heterocycles. The van der Waals surface area contributed by atoms with Crippen LogP contribution in [0.3, 0.4) is 0 Å². The molecule has 96 valence electrons. The Kier molecular flexibility index (Phi) is 2.61. The molecule has 4 heteroatoms. The van der Waals surface area contributed by atoms with E-state index in [1.807, 2.05) is 56.4 Å². The van der Waals surface area contributed by atoms with E-state index in [2.05, 4.69) is 10.1 Å². The summed E-state index contributed by atoms with van der Waals surface area (Å²) in [7, 11) is 0. The van der Waals surface area contributed by atoms with Gasteiger partial charge in [0.2, 0.25) is 0 Å². The topological polar surface area (TPSA) is 56.2 Å². The molecule has 3 aromatic rings. The average molecular weight is 252 g/mol. The van der Waals surface area contributed by atoms with Gasteiger partial charge in [-0.05, 0) is 19.9 Å². The summed E-state index contributed by atoms with van der Waals surface area (Å²) >= 11 is 0. The first kappa shape index (κ1) is 11.9. The summed E-state index contributed by atoms with van der Waals surface area (Å²) in [5.41, 5.74) is 9.59. The molecule has 0 atom stereocenters. The van der Waals surface area contributed by atoms with Crippen molar-refractivity contribution in [3.8, 4) is 11.3 Å². The largest absolute Gasteiger partial charge is 0.322 e. The monoisotopic (exact) mass is 252 g/mol. The molecule has 0 saturated carbocycles. The van der Waals surface area contributed by atoms with Crippen LogP contribution in [0, 0.1) is 0 Å². The number of rotatable bonds is 2. The second kappa shape index (κ2) is 4.17. The van der Waals surface area contributed by atoms with E-state index < -0.39 is 5.54 Å². The van der Waals surface area contributed by atoms with Crippen molar-refractivity contribution in [2.75, 3.05) is 0 Å². The van der Waals surface area contributed by atoms with Gasteiger partial charge in [0.05, 0.1) is 5.69 Å². The van der Waals surface area contributed by atoms with Crippen molar-refractivity contribution in [3.05, 3.63) is 54.4 Å². The number of nitrogens with zero attached hydrogens (tertiary/aromatic N) is 3. The SMILES string of the molecule is CC(C)(N)c1cc2nccn2nc1-c1ccccc1. The standard InChI is InChI=1S/C15H16N4/c1-15(2,16)12-10-13-17-8-9-19(13)18-14(12)11-6-4-3-5-7-11/h3-10H,16H2,1-2H3. The number of hydrogen-bond donors (Lipinski definition) is 1. The van der Waals surface area contributed by atoms with Gasteiger partial charge in [-0.1, -0.05) is 30.3 Å². The third-order valence-corrected chi connectivity index (χ3v) is 3.13. The highest BCUT2D eigenvalue weighted by atomic mass is 15.2. The van der Waals surface area contributed by atoms with Crippen molar-refractivity contribution in [1.29, 1.82) is 0 Å². The molecular formula is C15H16N4. The zero-order valence-corrected chi connectivity index (χ0v) is 11.0. The fraction of sp³-hybridized carbons (Fsp3) is 0.200. The molecule has 0 aliphatic rings. The van der Waals surface area contributed by atoms with Crippen LogP contribution in [0.2, 0.25) is 0 Å². The van der Waals surface area contributed by atoms with E-state index in [9.17, 15) is 0 Å². The molecule has 2 aromatic heterocycles. The summed E-state index contributed by atoms with van der Waals surface area (Å²) in [5, 5.41) is 4.65. The Labute approximate surface area is 111 Å². The van der Waals surface area contributed by atoms with Crippen molar-refractivity contribution in [3.63, 3.8) is 0 Å². The lowest BCUT2D eigenvalue weighted by atomic mass is 9.92. The van der Waals surface area contributed by atoms with Crippen LogP contribution in [-0.2, 0) is 5.54 Å². The van der Waals surface area contributed by atoms with E-state index in [4.69, 9.17) is 5.73 Å². The second-order valence-corrected chi connectivity index (χ2v) is 5.22. The summed E-state index contributed by atoms with van der Waals surface area (Å²) in [6.45, 7) is 3.96. The van der Waals surface area contributed by atoms with Crippen molar-refractivity contribution in [2.45, 2.75) is 19.4 Å². The van der Waals surface area contributed by atoms with E-state index in [0.717, 1.165) is 22.5 Å². The molecule has 19 heavy (non-hydrogen) atoms. The van der Waals surface area contributed by atoms with E-state index >= 15 is 0 Å². The van der Waals surface area contributed by atoms with Gasteiger partial charge in [-0.25, -0.2) is 9.50 Å². The highest BCUT2D eigenvalue weighted by Crippen LogP contribution is 2.29. The molecule has 4 nitrogen and oxygen atoms in total. The van der Waals surface area contributed by atoms with Crippen LogP contribution < -0.4 is 5.73 Å². The van der Waals surface area contributed by atoms with Crippen molar-refractivity contribution < 1.29 is 0 Å². The lowest BCUT2D eigenvalue weighted by Gasteiger charge is -2.22. The van der Waals surface area contributed by atoms with Crippen molar-refractivity contribution in [1.82, 2.24) is 14.6 Å². The molecule has 0 saturated heterocycles. The fourth-order valence-electron chi connectivity index (χ4n) is 2.16. The molecule has 3 rings (SSSR count). The van der Waals surface area contributed by atoms with E-state index in [1.54, 1.807) is 10.7 Å². The van der Waals surface area contributed by atoms with Crippen LogP contribution in [0.25, 0.3) is 16.9 Å². The summed E-state index contributed by atoms with van der Waals surface area (Å²) < 4.78 is 1.78. The quantitative estimate of drug-likeness (QED) is 0.762. The van der Waals surface area contributed by atoms with Gasteiger partial charge < -0.3 is 5.73 Å². The smallest absolute Gasteiger partial charge is 0.153 e. The van der Waals surface area contributed by atoms with Crippen LogP contribution in [-0.4, -0.2) is 14.6 Å². The second-order valence-electron chi connectivity index (χ2n) is 5.22. The maximum absolute atomic E-state index is 6.28. The Bertz CT molecular complexity index is 708. The van der Waals surface area contributed by atoms with Gasteiger partial charge in [0.25, 0.3) is 0 Å². The highest BCUT2D eigenvalue weighted by molar-refractivity contribution is 5.66. The van der Waals surface area contributed by atoms with Gasteiger partial charge in [-0.2, -0.15) is 5.10 Å². The molecule has 0 aliphatic heterocycles. The van der Waals surface area contributed by atoms with Crippen molar-refractivity contribution in [2.24, 2.45) is 5.73 Å². The third kappa shape index (κ3) is 2.11. The lowest BCUT2D eigenvalue weighted by Crippen LogP contribution is -2.30. The molecule has 0 spiro atoms. The van der Waals surface area contributed by atoms with Crippen LogP contribution >= 0.6 is 0 Å². The molecule has 0 fully saturated rings. The molecule has 0 amide bonds. The number of hydrogen-bond acceptors (Lipinski definition) is 3. The Hall–Kier alpha value is -2.20. The molecule has 0 unspecified atom stereocenters. The molecular weight excluding hydrogens is 236 g/mol. The zero-order valence-electron chi connectivity index (χ0n) is 11.0. The summed E-state index contributed by atoms with van der Waals surface area (Å²) in [5.74, 6) is 0. The van der Waals surface area contributed by atoms with Gasteiger partial charge in [0.15, 0.2) is 5.65 Å². The molecule has 2 N–H and O–H groups in total. The molecule has 1 aromatic carbocycles. The average Bonchev–Trinajstić information content (AvgIpc) is 2.84. The fourth-order valence-corrected chi connectivity index (χ4v) is 2.16. The van der Waals surface area contributed by atoms with Gasteiger partial charge >= 0.3 is 0 Å². The van der Waals surface area contributed by atoms with Gasteiger partial charge in [0, 0.05) is 29.1 Å². The Morgan fingerprint density at radius 1 is 1.16 bits per heavy atom. The molecule has 0 aliphatic carbocycles. The number of benzene rings is 1. The minimum absolute atomic E-state index is 0.466. The predicted octanol–water partition coefficient (Wildman–Crippen LogP) is 2.59. The van der Waals surface area contributed by atoms with E-state index in [-0.39, 0.29) is 0 Å². The number of nitrogens with two attached hydrogens (primary N) is 1. The van der Waals surface area contributed by atoms with E-state index in [0.29, 0.717) is 0 Å². The number of fused-ring (bicyclic) bond motifs is 1. The van der Waals surface area contributed by atoms with Crippen LogP contribution in [0.15, 0.2) is 48.8 Å². The maximum Gasteiger partial charge on any atom is 0.153 e. The Balaban J connectivity index is 2.32. The first-order chi connectivity index (χ1) is 9.05. The summed E-state index contributed by atoms with van der Waals surface area (Å²) in [4.78, 5) is 4.27. The van der Waals surface area contributed by atoms with Crippen LogP contribution in [0.5, 0.6) is 0 Å². The minimum atomic E-state index is -0.466. The summed E-state index contributed by atoms with van der Waals surface area (Å²) in [6.07, 6.45) is 3.58. The van der Waals surface area contributed by atoms with Crippen LogP contribution in [0.4, 0.5) is 0 Å². The zero-order chi connectivity index (χ0) is 13.5. The Morgan fingerprint density at radius 3 is 2.58 bits per heavy atom. The minimum Gasteiger partial charge on any atom is -0.322 e. The maximum atomic E-state index is 6.28. The molecule has 0 bridgehead atoms. The van der Waals surface area contributed by atoms with E-state index in [1.165, 1.54) is 0 Å². The number of imidazole rings is 1. The first-order valence-electron chi connectivity index (χ1n) is 6.25. The number of aromatic nitrogens is 3. The molecule has 0 radical (unpaired) electrons. The normalized spacial score (nSPS) is 11.9. The van der Waals surface area contributed by atoms with Crippen LogP contribution in [0.1, 0.15) is 19.4 Å². The Morgan fingerprint density at radius 2 is 1.89 bits per heavy atom. The predicted molar refractivity (Wildman–Crippen MR) is 75.6 cm³/mol. The van der Waals surface area contributed by atoms with Gasteiger partial charge in [-0.3, -0.25) is 0 Å². The van der Waals surface area contributed by atoms with Gasteiger partial charge in [0.1, 0.15) is 0 Å². The van der Waals surface area contributed by atoms with Gasteiger partial charge in [-0.15, -0.1) is 0 Å². The summed E-state index contributed by atoms with van der Waals surface area (Å²) in [6, 6.07) is 12.1. The van der Waals surface area contributed by atoms with Crippen molar-refractivity contribution >= 4 is 5.65 Å². The highest BCUT2D eigenvalue weighted by Gasteiger charge is 2.21. The third-order valence-electron chi connectivity index (χ3n) is 3.13. The lowest BCUT2D eigenvalue weighted by molar-refractivity contribution is 0.552. The first-order valence-corrected chi connectivity index (χ1v) is 6.25.